The molecule has 0 unspecified atom stereocenters. The molecule has 0 spiro atoms. The van der Waals surface area contributed by atoms with Crippen molar-refractivity contribution in [3.8, 4) is 0 Å². The van der Waals surface area contributed by atoms with Crippen LogP contribution in [0.4, 0.5) is 0 Å². The molecular weight excluding hydrogens is 310 g/mol. The summed E-state index contributed by atoms with van der Waals surface area (Å²) in [5.74, 6) is 0.686. The molecule has 0 N–H and O–H groups in total. The van der Waals surface area contributed by atoms with Gasteiger partial charge >= 0.3 is 0 Å². The van der Waals surface area contributed by atoms with Crippen LogP contribution in [0, 0.1) is 5.92 Å². The molecule has 1 rings (SSSR count). The number of allylic oxidation sites excluding steroid dienone is 4. The van der Waals surface area contributed by atoms with Crippen LogP contribution in [-0.4, -0.2) is 22.4 Å². The zero-order valence-corrected chi connectivity index (χ0v) is 18.4. The van der Waals surface area contributed by atoms with Crippen LogP contribution >= 0.6 is 0 Å². The van der Waals surface area contributed by atoms with E-state index < -0.39 is 16.1 Å². The molecule has 23 heavy (non-hydrogen) atoms. The summed E-state index contributed by atoms with van der Waals surface area (Å²) in [6.45, 7) is 14.6. The minimum absolute atomic E-state index is 0.686. The zero-order chi connectivity index (χ0) is 17.3. The fourth-order valence-electron chi connectivity index (χ4n) is 4.26. The van der Waals surface area contributed by atoms with Crippen LogP contribution in [-0.2, 0) is 0 Å². The number of hydrogen-bond donors (Lipinski definition) is 0. The molecule has 0 aromatic carbocycles. The topological polar surface area (TPSA) is 12.4 Å². The third-order valence-electron chi connectivity index (χ3n) is 6.91. The third kappa shape index (κ3) is 5.24. The second-order valence-electron chi connectivity index (χ2n) is 7.42. The molecule has 0 saturated carbocycles. The molecule has 0 aromatic heterocycles. The predicted octanol–water partition coefficient (Wildman–Crippen LogP) is 7.02. The van der Waals surface area contributed by atoms with Crippen LogP contribution in [0.1, 0.15) is 41.5 Å². The van der Waals surface area contributed by atoms with Crippen molar-refractivity contribution in [3.05, 3.63) is 23.9 Å². The first-order chi connectivity index (χ1) is 11.0. The van der Waals surface area contributed by atoms with Gasteiger partial charge in [0.15, 0.2) is 11.9 Å². The summed E-state index contributed by atoms with van der Waals surface area (Å²) in [5.41, 5.74) is 1.33. The van der Waals surface area contributed by atoms with Gasteiger partial charge in [0, 0.05) is 5.92 Å². The molecule has 1 nitrogen and oxygen atoms in total. The van der Waals surface area contributed by atoms with E-state index in [1.54, 1.807) is 0 Å². The maximum Gasteiger partial charge on any atom is 0.158 e. The van der Waals surface area contributed by atoms with Gasteiger partial charge in [-0.05, 0) is 12.1 Å². The molecule has 0 fully saturated rings. The van der Waals surface area contributed by atoms with Crippen LogP contribution in [0.25, 0.3) is 0 Å². The SMILES string of the molecule is CC[Si](CC)(CC)CC(C[Si](CC)(CC)CC)C1=CC=C[C+]=N1. The van der Waals surface area contributed by atoms with Crippen LogP contribution in [0.5, 0.6) is 0 Å². The Morgan fingerprint density at radius 2 is 1.26 bits per heavy atom. The average Bonchev–Trinajstić information content (AvgIpc) is 2.64. The van der Waals surface area contributed by atoms with Crippen molar-refractivity contribution >= 4 is 22.4 Å². The van der Waals surface area contributed by atoms with Gasteiger partial charge in [-0.2, -0.15) is 0 Å². The van der Waals surface area contributed by atoms with Gasteiger partial charge in [0.2, 0.25) is 0 Å². The summed E-state index contributed by atoms with van der Waals surface area (Å²) < 4.78 is 0. The Labute approximate surface area is 147 Å². The van der Waals surface area contributed by atoms with Crippen LogP contribution in [0.2, 0.25) is 48.4 Å². The molecule has 1 aliphatic heterocycles. The Bertz CT molecular complexity index is 390. The maximum absolute atomic E-state index is 4.67. The van der Waals surface area contributed by atoms with E-state index in [9.17, 15) is 0 Å². The van der Waals surface area contributed by atoms with Crippen molar-refractivity contribution in [2.75, 3.05) is 0 Å². The van der Waals surface area contributed by atoms with E-state index in [1.165, 1.54) is 54.0 Å². The van der Waals surface area contributed by atoms with E-state index in [0.29, 0.717) is 5.92 Å². The average molecular weight is 349 g/mol. The standard InChI is InChI=1S/C20H38NSi2/c1-7-22(8-2,9-3)17-19(20-15-13-14-16-21-20)18-23(10-4,11-5)12-6/h13-15,19H,7-12,17-18H2,1-6H3/q+1. The third-order valence-corrected chi connectivity index (χ3v) is 18.6. The highest BCUT2D eigenvalue weighted by atomic mass is 28.3. The number of hydrogen-bond acceptors (Lipinski definition) is 1. The van der Waals surface area contributed by atoms with Gasteiger partial charge in [0.25, 0.3) is 0 Å². The van der Waals surface area contributed by atoms with Gasteiger partial charge in [-0.3, -0.25) is 0 Å². The predicted molar refractivity (Wildman–Crippen MR) is 112 cm³/mol. The summed E-state index contributed by atoms with van der Waals surface area (Å²) in [6, 6.07) is 11.4. The van der Waals surface area contributed by atoms with Gasteiger partial charge in [-0.15, -0.1) is 0 Å². The lowest BCUT2D eigenvalue weighted by Crippen LogP contribution is -2.39. The minimum Gasteiger partial charge on any atom is -0.0709 e. The largest absolute Gasteiger partial charge is 0.158 e. The molecule has 0 radical (unpaired) electrons. The molecule has 0 saturated heterocycles. The lowest BCUT2D eigenvalue weighted by molar-refractivity contribution is 0.709. The van der Waals surface area contributed by atoms with E-state index >= 15 is 0 Å². The first-order valence-electron chi connectivity index (χ1n) is 9.87. The fourth-order valence-corrected chi connectivity index (χ4v) is 12.1. The Morgan fingerprint density at radius 1 is 0.826 bits per heavy atom. The Morgan fingerprint density at radius 3 is 1.57 bits per heavy atom. The summed E-state index contributed by atoms with van der Waals surface area (Å²) in [6.07, 6.45) is 9.44. The zero-order valence-electron chi connectivity index (χ0n) is 16.4. The summed E-state index contributed by atoms with van der Waals surface area (Å²) in [5, 5.41) is 0. The quantitative estimate of drug-likeness (QED) is 0.281. The lowest BCUT2D eigenvalue weighted by atomic mass is 10.1. The molecular formula is C20H38NSi2+. The Hall–Kier alpha value is -0.506. The first kappa shape index (κ1) is 20.5. The minimum atomic E-state index is -1.13. The van der Waals surface area contributed by atoms with Crippen molar-refractivity contribution in [3.63, 3.8) is 0 Å². The second-order valence-corrected chi connectivity index (χ2v) is 18.5. The van der Waals surface area contributed by atoms with Gasteiger partial charge < -0.3 is 0 Å². The Balaban J connectivity index is 3.09. The van der Waals surface area contributed by atoms with Crippen molar-refractivity contribution in [2.24, 2.45) is 10.9 Å². The number of rotatable bonds is 11. The smallest absolute Gasteiger partial charge is 0.0709 e. The number of nitrogens with zero attached hydrogens (tertiary/aromatic N) is 1. The molecule has 0 aromatic rings. The second kappa shape index (κ2) is 9.71. The molecule has 1 heterocycles. The van der Waals surface area contributed by atoms with Crippen molar-refractivity contribution < 1.29 is 0 Å². The van der Waals surface area contributed by atoms with Crippen molar-refractivity contribution in [1.29, 1.82) is 0 Å². The summed E-state index contributed by atoms with van der Waals surface area (Å²) in [7, 11) is -2.27. The normalized spacial score (nSPS) is 15.0. The summed E-state index contributed by atoms with van der Waals surface area (Å²) in [4.78, 5) is 4.67. The van der Waals surface area contributed by atoms with Crippen molar-refractivity contribution in [2.45, 2.75) is 89.9 Å². The monoisotopic (exact) mass is 348 g/mol. The highest BCUT2D eigenvalue weighted by Crippen LogP contribution is 2.40. The van der Waals surface area contributed by atoms with E-state index in [2.05, 4.69) is 64.9 Å². The molecule has 1 aliphatic rings. The highest BCUT2D eigenvalue weighted by Gasteiger charge is 2.39. The first-order valence-corrected chi connectivity index (χ1v) is 15.5. The van der Waals surface area contributed by atoms with E-state index in [4.69, 9.17) is 0 Å². The van der Waals surface area contributed by atoms with Crippen LogP contribution < -0.4 is 0 Å². The van der Waals surface area contributed by atoms with Gasteiger partial charge in [-0.1, -0.05) is 82.8 Å². The summed E-state index contributed by atoms with van der Waals surface area (Å²) >= 11 is 0. The van der Waals surface area contributed by atoms with Gasteiger partial charge in [-0.25, -0.2) is 0 Å². The lowest BCUT2D eigenvalue weighted by Gasteiger charge is -2.36. The number of aliphatic imine (C=N–C) groups is 1. The van der Waals surface area contributed by atoms with Gasteiger partial charge in [0.1, 0.15) is 6.08 Å². The van der Waals surface area contributed by atoms with E-state index in [1.807, 2.05) is 6.08 Å². The molecule has 0 bridgehead atoms. The Kier molecular flexibility index (Phi) is 8.67. The van der Waals surface area contributed by atoms with Gasteiger partial charge in [0.05, 0.1) is 28.3 Å². The van der Waals surface area contributed by atoms with E-state index in [-0.39, 0.29) is 0 Å². The highest BCUT2D eigenvalue weighted by molar-refractivity contribution is 6.81. The van der Waals surface area contributed by atoms with Crippen molar-refractivity contribution in [1.82, 2.24) is 0 Å². The van der Waals surface area contributed by atoms with Crippen LogP contribution in [0.15, 0.2) is 28.9 Å². The molecule has 130 valence electrons. The van der Waals surface area contributed by atoms with E-state index in [0.717, 1.165) is 0 Å². The molecule has 3 heteroatoms. The fraction of sp³-hybridized carbons (Fsp3) is 0.750. The van der Waals surface area contributed by atoms with Crippen LogP contribution in [0.3, 0.4) is 0 Å². The molecule has 0 amide bonds. The molecule has 0 aliphatic carbocycles. The maximum atomic E-state index is 4.67. The molecule has 0 atom stereocenters.